The SMILES string of the molecule is O=C(O)CNS(=O)(=O)C(F)(F)C(F)(F)CF. The van der Waals surface area contributed by atoms with Crippen molar-refractivity contribution in [2.75, 3.05) is 13.2 Å². The zero-order chi connectivity index (χ0) is 13.2. The van der Waals surface area contributed by atoms with E-state index in [1.807, 2.05) is 0 Å². The Hall–Kier alpha value is -0.970. The van der Waals surface area contributed by atoms with E-state index < -0.39 is 40.4 Å². The van der Waals surface area contributed by atoms with Gasteiger partial charge in [-0.25, -0.2) is 12.8 Å². The van der Waals surface area contributed by atoms with Gasteiger partial charge in [-0.3, -0.25) is 4.79 Å². The van der Waals surface area contributed by atoms with E-state index in [9.17, 15) is 35.2 Å². The highest BCUT2D eigenvalue weighted by Gasteiger charge is 2.65. The van der Waals surface area contributed by atoms with Crippen molar-refractivity contribution in [1.29, 1.82) is 0 Å². The third kappa shape index (κ3) is 2.78. The molecule has 0 aromatic carbocycles. The molecule has 0 unspecified atom stereocenters. The number of sulfonamides is 1. The summed E-state index contributed by atoms with van der Waals surface area (Å²) in [5, 5.41) is 2.24. The molecule has 0 aromatic rings. The van der Waals surface area contributed by atoms with Crippen LogP contribution in [0, 0.1) is 0 Å². The van der Waals surface area contributed by atoms with Crippen LogP contribution >= 0.6 is 0 Å². The molecule has 16 heavy (non-hydrogen) atoms. The molecule has 0 aliphatic rings. The van der Waals surface area contributed by atoms with Crippen molar-refractivity contribution in [2.45, 2.75) is 11.2 Å². The Morgan fingerprint density at radius 1 is 1.25 bits per heavy atom. The van der Waals surface area contributed by atoms with Crippen LogP contribution in [0.15, 0.2) is 0 Å². The summed E-state index contributed by atoms with van der Waals surface area (Å²) in [5.74, 6) is -7.29. The van der Waals surface area contributed by atoms with Crippen LogP contribution in [0.25, 0.3) is 0 Å². The van der Waals surface area contributed by atoms with E-state index in [2.05, 4.69) is 0 Å². The van der Waals surface area contributed by atoms with Crippen molar-refractivity contribution in [1.82, 2.24) is 4.72 Å². The smallest absolute Gasteiger partial charge is 0.423 e. The molecule has 0 spiro atoms. The van der Waals surface area contributed by atoms with E-state index in [0.717, 1.165) is 0 Å². The second-order valence-corrected chi connectivity index (χ2v) is 4.38. The third-order valence-corrected chi connectivity index (χ3v) is 2.84. The lowest BCUT2D eigenvalue weighted by atomic mass is 10.4. The fraction of sp³-hybridized carbons (Fsp3) is 0.800. The van der Waals surface area contributed by atoms with Crippen LogP contribution in [0.3, 0.4) is 0 Å². The van der Waals surface area contributed by atoms with Crippen LogP contribution in [0.5, 0.6) is 0 Å². The zero-order valence-corrected chi connectivity index (χ0v) is 8.20. The number of carbonyl (C=O) groups is 1. The topological polar surface area (TPSA) is 83.5 Å². The number of aliphatic carboxylic acids is 1. The number of hydrogen-bond donors (Lipinski definition) is 2. The summed E-state index contributed by atoms with van der Waals surface area (Å²) in [6.45, 7) is -4.41. The monoisotopic (exact) mass is 271 g/mol. The van der Waals surface area contributed by atoms with E-state index in [1.54, 1.807) is 0 Å². The highest BCUT2D eigenvalue weighted by Crippen LogP contribution is 2.38. The van der Waals surface area contributed by atoms with E-state index in [4.69, 9.17) is 5.11 Å². The van der Waals surface area contributed by atoms with Crippen LogP contribution in [-0.2, 0) is 14.8 Å². The zero-order valence-electron chi connectivity index (χ0n) is 7.38. The molecule has 5 nitrogen and oxygen atoms in total. The molecule has 96 valence electrons. The fourth-order valence-electron chi connectivity index (χ4n) is 0.522. The average molecular weight is 271 g/mol. The summed E-state index contributed by atoms with van der Waals surface area (Å²) in [6, 6.07) is 0. The van der Waals surface area contributed by atoms with Gasteiger partial charge < -0.3 is 5.11 Å². The van der Waals surface area contributed by atoms with Crippen LogP contribution < -0.4 is 4.72 Å². The van der Waals surface area contributed by atoms with Gasteiger partial charge in [-0.05, 0) is 0 Å². The molecular formula is C5H6F5NO4S. The molecule has 0 amide bonds. The quantitative estimate of drug-likeness (QED) is 0.675. The third-order valence-electron chi connectivity index (χ3n) is 1.34. The van der Waals surface area contributed by atoms with Gasteiger partial charge in [-0.15, -0.1) is 0 Å². The molecule has 0 atom stereocenters. The normalized spacial score (nSPS) is 13.8. The summed E-state index contributed by atoms with van der Waals surface area (Å²) in [6.07, 6.45) is 0. The summed E-state index contributed by atoms with van der Waals surface area (Å²) >= 11 is 0. The van der Waals surface area contributed by atoms with Crippen LogP contribution in [-0.4, -0.2) is 43.9 Å². The van der Waals surface area contributed by atoms with Gasteiger partial charge in [-0.1, -0.05) is 0 Å². The van der Waals surface area contributed by atoms with Gasteiger partial charge in [0.15, 0.2) is 6.67 Å². The molecule has 0 fully saturated rings. The van der Waals surface area contributed by atoms with Crippen LogP contribution in [0.2, 0.25) is 0 Å². The minimum Gasteiger partial charge on any atom is -0.480 e. The molecule has 0 saturated heterocycles. The predicted molar refractivity (Wildman–Crippen MR) is 40.4 cm³/mol. The van der Waals surface area contributed by atoms with Gasteiger partial charge in [0.05, 0.1) is 0 Å². The lowest BCUT2D eigenvalue weighted by molar-refractivity contribution is -0.166. The first-order valence-corrected chi connectivity index (χ1v) is 4.99. The van der Waals surface area contributed by atoms with E-state index in [-0.39, 0.29) is 0 Å². The molecule has 0 aromatic heterocycles. The van der Waals surface area contributed by atoms with Crippen molar-refractivity contribution in [3.8, 4) is 0 Å². The Bertz CT molecular complexity index is 367. The van der Waals surface area contributed by atoms with Crippen LogP contribution in [0.4, 0.5) is 22.0 Å². The maximum atomic E-state index is 12.6. The Kier molecular flexibility index (Phi) is 4.22. The van der Waals surface area contributed by atoms with E-state index in [0.29, 0.717) is 4.72 Å². The van der Waals surface area contributed by atoms with Crippen molar-refractivity contribution < 1.29 is 40.3 Å². The highest BCUT2D eigenvalue weighted by atomic mass is 32.2. The summed E-state index contributed by atoms with van der Waals surface area (Å²) in [5.41, 5.74) is 0. The maximum Gasteiger partial charge on any atom is 0.423 e. The standard InChI is InChI=1S/C5H6F5NO4S/c6-2-4(7,8)5(9,10)16(14,15)11-1-3(12)13/h11H,1-2H2,(H,12,13). The second kappa shape index (κ2) is 4.49. The highest BCUT2D eigenvalue weighted by molar-refractivity contribution is 7.90. The lowest BCUT2D eigenvalue weighted by Crippen LogP contribution is -2.53. The predicted octanol–water partition coefficient (Wildman–Crippen LogP) is 0.188. The molecule has 0 rings (SSSR count). The van der Waals surface area contributed by atoms with E-state index >= 15 is 0 Å². The van der Waals surface area contributed by atoms with Gasteiger partial charge in [0.2, 0.25) is 0 Å². The molecule has 0 bridgehead atoms. The number of nitrogens with one attached hydrogen (secondary N) is 1. The summed E-state index contributed by atoms with van der Waals surface area (Å²) in [7, 11) is -5.98. The second-order valence-electron chi connectivity index (χ2n) is 2.57. The van der Waals surface area contributed by atoms with Gasteiger partial charge in [-0.2, -0.15) is 22.3 Å². The number of halogens is 5. The minimum absolute atomic E-state index is 0.715. The minimum atomic E-state index is -5.98. The first-order valence-electron chi connectivity index (χ1n) is 3.50. The van der Waals surface area contributed by atoms with Gasteiger partial charge >= 0.3 is 17.1 Å². The average Bonchev–Trinajstić information content (AvgIpc) is 2.14. The summed E-state index contributed by atoms with van der Waals surface area (Å²) < 4.78 is 83.2. The molecule has 2 N–H and O–H groups in total. The Morgan fingerprint density at radius 3 is 2.00 bits per heavy atom. The molecule has 11 heteroatoms. The van der Waals surface area contributed by atoms with E-state index in [1.165, 1.54) is 0 Å². The first kappa shape index (κ1) is 15.0. The van der Waals surface area contributed by atoms with Gasteiger partial charge in [0, 0.05) is 0 Å². The molecule has 0 radical (unpaired) electrons. The van der Waals surface area contributed by atoms with Gasteiger partial charge in [0.1, 0.15) is 6.54 Å². The van der Waals surface area contributed by atoms with Gasteiger partial charge in [0.25, 0.3) is 10.0 Å². The lowest BCUT2D eigenvalue weighted by Gasteiger charge is -2.23. The number of alkyl halides is 5. The largest absolute Gasteiger partial charge is 0.480 e. The Labute approximate surface area is 86.3 Å². The van der Waals surface area contributed by atoms with Crippen LogP contribution in [0.1, 0.15) is 0 Å². The number of rotatable bonds is 6. The molecule has 0 aliphatic heterocycles. The number of carboxylic acid groups (broad SMARTS) is 1. The Balaban J connectivity index is 5.07. The molecule has 0 aliphatic carbocycles. The maximum absolute atomic E-state index is 12.6. The van der Waals surface area contributed by atoms with Crippen molar-refractivity contribution in [3.05, 3.63) is 0 Å². The Morgan fingerprint density at radius 2 is 1.69 bits per heavy atom. The summed E-state index contributed by atoms with van der Waals surface area (Å²) in [4.78, 5) is 9.86. The number of carboxylic acids is 1. The van der Waals surface area contributed by atoms with Crippen molar-refractivity contribution in [2.24, 2.45) is 0 Å². The molecular weight excluding hydrogens is 265 g/mol. The molecule has 0 heterocycles. The molecule has 0 saturated carbocycles. The fourth-order valence-corrected chi connectivity index (χ4v) is 1.46. The first-order chi connectivity index (χ1) is 6.98. The van der Waals surface area contributed by atoms with Crippen molar-refractivity contribution in [3.63, 3.8) is 0 Å². The number of hydrogen-bond acceptors (Lipinski definition) is 3. The van der Waals surface area contributed by atoms with Crippen molar-refractivity contribution >= 4 is 16.0 Å².